The molecule has 0 spiro atoms. The van der Waals surface area contributed by atoms with Crippen LogP contribution in [-0.4, -0.2) is 50.4 Å². The van der Waals surface area contributed by atoms with Crippen molar-refractivity contribution in [1.29, 1.82) is 0 Å². The van der Waals surface area contributed by atoms with Gasteiger partial charge in [0.25, 0.3) is 5.69 Å². The van der Waals surface area contributed by atoms with E-state index in [0.29, 0.717) is 13.2 Å². The molecule has 0 N–H and O–H groups in total. The van der Waals surface area contributed by atoms with E-state index in [4.69, 9.17) is 23.7 Å². The summed E-state index contributed by atoms with van der Waals surface area (Å²) in [6.45, 7) is 1.84. The van der Waals surface area contributed by atoms with Crippen molar-refractivity contribution in [2.45, 2.75) is 25.6 Å². The van der Waals surface area contributed by atoms with E-state index in [0.717, 1.165) is 25.9 Å². The fourth-order valence-corrected chi connectivity index (χ4v) is 2.24. The van der Waals surface area contributed by atoms with E-state index in [1.165, 1.54) is 24.3 Å². The van der Waals surface area contributed by atoms with Gasteiger partial charge in [0.1, 0.15) is 12.4 Å². The summed E-state index contributed by atoms with van der Waals surface area (Å²) in [5, 5.41) is 10.5. The first-order valence-corrected chi connectivity index (χ1v) is 8.70. The summed E-state index contributed by atoms with van der Waals surface area (Å²) in [6, 6.07) is 5.12. The number of non-ortho nitro benzene ring substituents is 1. The highest BCUT2D eigenvalue weighted by atomic mass is 16.7. The highest BCUT2D eigenvalue weighted by Crippen LogP contribution is 2.17. The first-order valence-electron chi connectivity index (χ1n) is 8.70. The second-order valence-corrected chi connectivity index (χ2v) is 5.63. The predicted octanol–water partition coefficient (Wildman–Crippen LogP) is 3.23. The molecule has 0 radical (unpaired) electrons. The molecule has 1 heterocycles. The van der Waals surface area contributed by atoms with Crippen LogP contribution < -0.4 is 4.74 Å². The number of carbonyl (C=O) groups is 1. The lowest BCUT2D eigenvalue weighted by molar-refractivity contribution is -0.384. The average molecular weight is 381 g/mol. The van der Waals surface area contributed by atoms with E-state index in [-0.39, 0.29) is 30.9 Å². The molecule has 1 aliphatic rings. The topological polar surface area (TPSA) is 106 Å². The van der Waals surface area contributed by atoms with Gasteiger partial charge in [0.05, 0.1) is 24.7 Å². The van der Waals surface area contributed by atoms with Crippen LogP contribution >= 0.6 is 0 Å². The van der Waals surface area contributed by atoms with E-state index < -0.39 is 11.1 Å². The Labute approximate surface area is 156 Å². The van der Waals surface area contributed by atoms with Crippen LogP contribution in [-0.2, 0) is 18.9 Å². The number of carbonyl (C=O) groups excluding carboxylic acids is 1. The summed E-state index contributed by atoms with van der Waals surface area (Å²) in [4.78, 5) is 21.5. The molecule has 1 fully saturated rings. The number of nitro benzene ring substituents is 1. The van der Waals surface area contributed by atoms with Crippen LogP contribution in [0.4, 0.5) is 10.5 Å². The quantitative estimate of drug-likeness (QED) is 0.152. The molecule has 2 rings (SSSR count). The Balaban J connectivity index is 1.47. The number of nitrogens with zero attached hydrogens (tertiary/aromatic N) is 1. The lowest BCUT2D eigenvalue weighted by Gasteiger charge is -2.21. The fraction of sp³-hybridized carbons (Fsp3) is 0.500. The van der Waals surface area contributed by atoms with Crippen LogP contribution in [0.25, 0.3) is 0 Å². The molecule has 9 heteroatoms. The van der Waals surface area contributed by atoms with E-state index in [9.17, 15) is 14.9 Å². The predicted molar refractivity (Wildman–Crippen MR) is 94.6 cm³/mol. The van der Waals surface area contributed by atoms with Crippen molar-refractivity contribution in [3.05, 3.63) is 46.5 Å². The van der Waals surface area contributed by atoms with Gasteiger partial charge in [0, 0.05) is 18.7 Å². The minimum absolute atomic E-state index is 0.0338. The Morgan fingerprint density at radius 3 is 2.67 bits per heavy atom. The number of nitro groups is 1. The smallest absolute Gasteiger partial charge is 0.432 e. The molecule has 27 heavy (non-hydrogen) atoms. The number of ether oxygens (including phenoxy) is 5. The molecule has 1 aliphatic heterocycles. The fourth-order valence-electron chi connectivity index (χ4n) is 2.24. The molecule has 1 unspecified atom stereocenters. The van der Waals surface area contributed by atoms with Crippen molar-refractivity contribution in [2.24, 2.45) is 0 Å². The van der Waals surface area contributed by atoms with Gasteiger partial charge in [-0.25, -0.2) is 4.79 Å². The monoisotopic (exact) mass is 381 g/mol. The molecule has 0 amide bonds. The first-order chi connectivity index (χ1) is 13.1. The van der Waals surface area contributed by atoms with E-state index >= 15 is 0 Å². The van der Waals surface area contributed by atoms with Gasteiger partial charge in [-0.3, -0.25) is 10.1 Å². The third-order valence-electron chi connectivity index (χ3n) is 3.59. The SMILES string of the molecule is O=C(OCCOC/C=C/COC1CCCCO1)Oc1ccc([N+](=O)[O-])cc1. The van der Waals surface area contributed by atoms with Gasteiger partial charge in [-0.2, -0.15) is 0 Å². The molecular formula is C18H23NO8. The normalized spacial score (nSPS) is 17.0. The minimum atomic E-state index is -0.899. The molecule has 0 aliphatic carbocycles. The van der Waals surface area contributed by atoms with Crippen LogP contribution in [0.3, 0.4) is 0 Å². The molecule has 1 aromatic rings. The van der Waals surface area contributed by atoms with Crippen molar-refractivity contribution >= 4 is 11.8 Å². The minimum Gasteiger partial charge on any atom is -0.432 e. The largest absolute Gasteiger partial charge is 0.513 e. The Morgan fingerprint density at radius 2 is 1.96 bits per heavy atom. The molecule has 0 aromatic heterocycles. The molecule has 1 aromatic carbocycles. The van der Waals surface area contributed by atoms with Gasteiger partial charge in [0.15, 0.2) is 6.29 Å². The third kappa shape index (κ3) is 8.63. The summed E-state index contributed by atoms with van der Waals surface area (Å²) in [6.07, 6.45) is 5.80. The highest BCUT2D eigenvalue weighted by Gasteiger charge is 2.12. The number of hydrogen-bond acceptors (Lipinski definition) is 8. The summed E-state index contributed by atoms with van der Waals surface area (Å²) < 4.78 is 26.0. The Hall–Kier alpha value is -2.49. The van der Waals surface area contributed by atoms with Gasteiger partial charge in [-0.05, 0) is 31.4 Å². The van der Waals surface area contributed by atoms with Gasteiger partial charge in [-0.1, -0.05) is 12.2 Å². The van der Waals surface area contributed by atoms with Gasteiger partial charge in [-0.15, -0.1) is 0 Å². The Bertz CT molecular complexity index is 610. The van der Waals surface area contributed by atoms with E-state index in [1.54, 1.807) is 0 Å². The van der Waals surface area contributed by atoms with Gasteiger partial charge < -0.3 is 23.7 Å². The second-order valence-electron chi connectivity index (χ2n) is 5.63. The zero-order valence-electron chi connectivity index (χ0n) is 14.9. The van der Waals surface area contributed by atoms with Crippen LogP contribution in [0.2, 0.25) is 0 Å². The van der Waals surface area contributed by atoms with Crippen molar-refractivity contribution in [1.82, 2.24) is 0 Å². The van der Waals surface area contributed by atoms with Crippen molar-refractivity contribution in [3.8, 4) is 5.75 Å². The Kier molecular flexibility index (Phi) is 9.25. The van der Waals surface area contributed by atoms with Crippen molar-refractivity contribution in [3.63, 3.8) is 0 Å². The molecular weight excluding hydrogens is 358 g/mol. The lowest BCUT2D eigenvalue weighted by atomic mass is 10.2. The summed E-state index contributed by atoms with van der Waals surface area (Å²) in [7, 11) is 0. The third-order valence-corrected chi connectivity index (χ3v) is 3.59. The van der Waals surface area contributed by atoms with Crippen molar-refractivity contribution in [2.75, 3.05) is 33.0 Å². The van der Waals surface area contributed by atoms with E-state index in [2.05, 4.69) is 0 Å². The summed E-state index contributed by atoms with van der Waals surface area (Å²) >= 11 is 0. The number of rotatable bonds is 10. The highest BCUT2D eigenvalue weighted by molar-refractivity contribution is 5.63. The second kappa shape index (κ2) is 12.0. The van der Waals surface area contributed by atoms with Gasteiger partial charge in [0.2, 0.25) is 0 Å². The molecule has 0 bridgehead atoms. The Morgan fingerprint density at radius 1 is 1.19 bits per heavy atom. The zero-order chi connectivity index (χ0) is 19.3. The first kappa shape index (κ1) is 20.8. The maximum atomic E-state index is 11.5. The number of benzene rings is 1. The van der Waals surface area contributed by atoms with Crippen LogP contribution in [0.1, 0.15) is 19.3 Å². The van der Waals surface area contributed by atoms with Crippen LogP contribution in [0.15, 0.2) is 36.4 Å². The summed E-state index contributed by atoms with van der Waals surface area (Å²) in [5.41, 5.74) is -0.0890. The molecule has 1 atom stereocenters. The molecule has 0 saturated carbocycles. The zero-order valence-corrected chi connectivity index (χ0v) is 14.9. The van der Waals surface area contributed by atoms with Crippen molar-refractivity contribution < 1.29 is 33.4 Å². The average Bonchev–Trinajstić information content (AvgIpc) is 2.68. The molecule has 1 saturated heterocycles. The number of hydrogen-bond donors (Lipinski definition) is 0. The van der Waals surface area contributed by atoms with E-state index in [1.807, 2.05) is 12.2 Å². The lowest BCUT2D eigenvalue weighted by Crippen LogP contribution is -2.22. The van der Waals surface area contributed by atoms with Crippen LogP contribution in [0.5, 0.6) is 5.75 Å². The van der Waals surface area contributed by atoms with Gasteiger partial charge >= 0.3 is 6.16 Å². The van der Waals surface area contributed by atoms with Crippen LogP contribution in [0, 0.1) is 10.1 Å². The summed E-state index contributed by atoms with van der Waals surface area (Å²) in [5.74, 6) is 0.163. The molecule has 9 nitrogen and oxygen atoms in total. The standard InChI is InChI=1S/C18H23NO8/c20-18(27-16-8-6-15(7-9-16)19(21)22)26-14-13-23-10-3-4-12-25-17-5-1-2-11-24-17/h3-4,6-9,17H,1-2,5,10-14H2/b4-3+. The maximum absolute atomic E-state index is 11.5. The maximum Gasteiger partial charge on any atom is 0.513 e. The molecule has 148 valence electrons.